The molecule has 10 heteroatoms. The first-order chi connectivity index (χ1) is 16.2. The Morgan fingerprint density at radius 3 is 2.15 bits per heavy atom. The van der Waals surface area contributed by atoms with Crippen LogP contribution in [0.5, 0.6) is 5.75 Å². The molecule has 0 unspecified atom stereocenters. The monoisotopic (exact) mass is 520 g/mol. The molecule has 0 saturated carbocycles. The highest BCUT2D eigenvalue weighted by atomic mass is 35.5. The molecule has 0 radical (unpaired) electrons. The zero-order valence-electron chi connectivity index (χ0n) is 17.8. The molecular formula is C24H19Cl3N2O5. The van der Waals surface area contributed by atoms with E-state index in [4.69, 9.17) is 39.5 Å². The van der Waals surface area contributed by atoms with Crippen LogP contribution in [0, 0.1) is 0 Å². The fourth-order valence-corrected chi connectivity index (χ4v) is 3.96. The molecule has 3 aromatic carbocycles. The van der Waals surface area contributed by atoms with Gasteiger partial charge >= 0.3 is 5.97 Å². The number of phenolic OH excluding ortho intramolecular Hbond substituents is 1. The molecule has 0 aromatic heterocycles. The van der Waals surface area contributed by atoms with E-state index in [-0.39, 0.29) is 38.4 Å². The van der Waals surface area contributed by atoms with Gasteiger partial charge in [-0.15, -0.1) is 0 Å². The number of hydrogen-bond donors (Lipinski definition) is 3. The largest absolute Gasteiger partial charge is 0.508 e. The van der Waals surface area contributed by atoms with Gasteiger partial charge in [-0.1, -0.05) is 53.0 Å². The average molecular weight is 522 g/mol. The zero-order chi connectivity index (χ0) is 24.8. The van der Waals surface area contributed by atoms with Crippen LogP contribution in [0.4, 0.5) is 5.69 Å². The van der Waals surface area contributed by atoms with Crippen molar-refractivity contribution >= 4 is 58.3 Å². The summed E-state index contributed by atoms with van der Waals surface area (Å²) in [7, 11) is 1.22. The normalized spacial score (nSPS) is 11.4. The number of rotatable bonds is 7. The van der Waals surface area contributed by atoms with Gasteiger partial charge in [0.2, 0.25) is 0 Å². The third-order valence-corrected chi connectivity index (χ3v) is 5.77. The van der Waals surface area contributed by atoms with Crippen LogP contribution in [-0.4, -0.2) is 36.0 Å². The van der Waals surface area contributed by atoms with Crippen molar-refractivity contribution in [3.63, 3.8) is 0 Å². The Morgan fingerprint density at radius 1 is 0.912 bits per heavy atom. The quantitative estimate of drug-likeness (QED) is 0.374. The van der Waals surface area contributed by atoms with Gasteiger partial charge in [0.1, 0.15) is 11.8 Å². The summed E-state index contributed by atoms with van der Waals surface area (Å²) in [5.74, 6) is -1.79. The predicted octanol–water partition coefficient (Wildman–Crippen LogP) is 5.12. The number of carbonyl (C=O) groups excluding carboxylic acids is 3. The smallest absolute Gasteiger partial charge is 0.328 e. The zero-order valence-corrected chi connectivity index (χ0v) is 20.0. The summed E-state index contributed by atoms with van der Waals surface area (Å²) >= 11 is 18.2. The molecule has 7 nitrogen and oxygen atoms in total. The molecule has 1 atom stereocenters. The number of carbonyl (C=O) groups is 3. The fraction of sp³-hybridized carbons (Fsp3) is 0.125. The number of phenols is 1. The third-order valence-electron chi connectivity index (χ3n) is 4.83. The highest BCUT2D eigenvalue weighted by molar-refractivity contribution is 6.40. The lowest BCUT2D eigenvalue weighted by atomic mass is 10.0. The first kappa shape index (κ1) is 25.4. The van der Waals surface area contributed by atoms with Crippen molar-refractivity contribution in [3.05, 3.63) is 92.4 Å². The average Bonchev–Trinajstić information content (AvgIpc) is 2.79. The highest BCUT2D eigenvalue weighted by Gasteiger charge is 2.24. The Hall–Kier alpha value is -3.26. The molecule has 0 saturated heterocycles. The summed E-state index contributed by atoms with van der Waals surface area (Å²) in [5, 5.41) is 15.3. The SMILES string of the molecule is COC(=O)[C@H](Cc1ccc(NC(=O)c2c(Cl)cccc2Cl)cc1)NC(=O)c1ccc(O)cc1Cl. The van der Waals surface area contributed by atoms with E-state index >= 15 is 0 Å². The number of anilines is 1. The molecule has 0 aliphatic carbocycles. The molecule has 3 N–H and O–H groups in total. The van der Waals surface area contributed by atoms with Crippen molar-refractivity contribution in [1.82, 2.24) is 5.32 Å². The molecular weight excluding hydrogens is 503 g/mol. The van der Waals surface area contributed by atoms with Crippen molar-refractivity contribution in [3.8, 4) is 5.75 Å². The minimum Gasteiger partial charge on any atom is -0.508 e. The van der Waals surface area contributed by atoms with E-state index in [1.165, 1.54) is 25.3 Å². The Kier molecular flexibility index (Phi) is 8.39. The standard InChI is InChI=1S/C24H19Cl3N2O5/c1-34-24(33)20(29-22(31)16-10-9-15(30)12-19(16)27)11-13-5-7-14(8-6-13)28-23(32)21-17(25)3-2-4-18(21)26/h2-10,12,20,30H,11H2,1H3,(H,28,32)(H,29,31)/t20-/m0/s1. The number of benzene rings is 3. The second-order valence-electron chi connectivity index (χ2n) is 7.17. The molecule has 0 aliphatic rings. The van der Waals surface area contributed by atoms with E-state index in [0.29, 0.717) is 11.3 Å². The number of amides is 2. The van der Waals surface area contributed by atoms with Crippen molar-refractivity contribution in [2.75, 3.05) is 12.4 Å². The van der Waals surface area contributed by atoms with Crippen LogP contribution in [0.2, 0.25) is 15.1 Å². The van der Waals surface area contributed by atoms with Gasteiger partial charge in [-0.3, -0.25) is 9.59 Å². The van der Waals surface area contributed by atoms with Crippen LogP contribution in [0.25, 0.3) is 0 Å². The van der Waals surface area contributed by atoms with Crippen LogP contribution < -0.4 is 10.6 Å². The summed E-state index contributed by atoms with van der Waals surface area (Å²) in [6.45, 7) is 0. The predicted molar refractivity (Wildman–Crippen MR) is 131 cm³/mol. The Balaban J connectivity index is 1.71. The maximum atomic E-state index is 12.6. The van der Waals surface area contributed by atoms with Crippen molar-refractivity contribution in [2.45, 2.75) is 12.5 Å². The first-order valence-electron chi connectivity index (χ1n) is 9.91. The summed E-state index contributed by atoms with van der Waals surface area (Å²) in [4.78, 5) is 37.4. The first-order valence-corrected chi connectivity index (χ1v) is 11.0. The summed E-state index contributed by atoms with van der Waals surface area (Å²) in [6, 6.07) is 14.4. The van der Waals surface area contributed by atoms with Crippen molar-refractivity contribution in [1.29, 1.82) is 0 Å². The lowest BCUT2D eigenvalue weighted by Gasteiger charge is -2.17. The van der Waals surface area contributed by atoms with Gasteiger partial charge in [0, 0.05) is 12.1 Å². The van der Waals surface area contributed by atoms with Gasteiger partial charge in [-0.25, -0.2) is 4.79 Å². The maximum absolute atomic E-state index is 12.6. The minimum absolute atomic E-state index is 0.0415. The van der Waals surface area contributed by atoms with Crippen LogP contribution in [0.15, 0.2) is 60.7 Å². The van der Waals surface area contributed by atoms with E-state index in [9.17, 15) is 19.5 Å². The van der Waals surface area contributed by atoms with Gasteiger partial charge in [0.25, 0.3) is 11.8 Å². The number of esters is 1. The number of ether oxygens (including phenoxy) is 1. The molecule has 0 fully saturated rings. The lowest BCUT2D eigenvalue weighted by Crippen LogP contribution is -2.43. The molecule has 0 spiro atoms. The van der Waals surface area contributed by atoms with E-state index in [1.807, 2.05) is 0 Å². The van der Waals surface area contributed by atoms with Gasteiger partial charge < -0.3 is 20.5 Å². The van der Waals surface area contributed by atoms with Crippen molar-refractivity contribution < 1.29 is 24.2 Å². The number of hydrogen-bond acceptors (Lipinski definition) is 5. The highest BCUT2D eigenvalue weighted by Crippen LogP contribution is 2.25. The van der Waals surface area contributed by atoms with E-state index in [1.54, 1.807) is 42.5 Å². The maximum Gasteiger partial charge on any atom is 0.328 e. The lowest BCUT2D eigenvalue weighted by molar-refractivity contribution is -0.142. The fourth-order valence-electron chi connectivity index (χ4n) is 3.13. The molecule has 0 heterocycles. The van der Waals surface area contributed by atoms with Gasteiger partial charge in [0.15, 0.2) is 0 Å². The minimum atomic E-state index is -0.996. The van der Waals surface area contributed by atoms with E-state index < -0.39 is 23.8 Å². The van der Waals surface area contributed by atoms with Gasteiger partial charge in [0.05, 0.1) is 33.3 Å². The Bertz CT molecular complexity index is 1210. The van der Waals surface area contributed by atoms with E-state index in [0.717, 1.165) is 0 Å². The topological polar surface area (TPSA) is 105 Å². The third kappa shape index (κ3) is 6.20. The van der Waals surface area contributed by atoms with Crippen LogP contribution in [0.1, 0.15) is 26.3 Å². The second-order valence-corrected chi connectivity index (χ2v) is 8.39. The summed E-state index contributed by atoms with van der Waals surface area (Å²) < 4.78 is 4.81. The molecule has 34 heavy (non-hydrogen) atoms. The number of methoxy groups -OCH3 is 1. The molecule has 3 rings (SSSR count). The number of nitrogens with one attached hydrogen (secondary N) is 2. The van der Waals surface area contributed by atoms with Crippen LogP contribution in [-0.2, 0) is 16.0 Å². The summed E-state index contributed by atoms with van der Waals surface area (Å²) in [6.07, 6.45) is 0.124. The molecule has 3 aromatic rings. The van der Waals surface area contributed by atoms with Crippen LogP contribution in [0.3, 0.4) is 0 Å². The van der Waals surface area contributed by atoms with Crippen molar-refractivity contribution in [2.24, 2.45) is 0 Å². The summed E-state index contributed by atoms with van der Waals surface area (Å²) in [5.41, 5.74) is 1.45. The number of aromatic hydroxyl groups is 1. The Morgan fingerprint density at radius 2 is 1.56 bits per heavy atom. The molecule has 0 bridgehead atoms. The van der Waals surface area contributed by atoms with Gasteiger partial charge in [-0.2, -0.15) is 0 Å². The van der Waals surface area contributed by atoms with Gasteiger partial charge in [-0.05, 0) is 48.0 Å². The number of halogens is 3. The molecule has 2 amide bonds. The molecule has 0 aliphatic heterocycles. The Labute approximate surface area is 210 Å². The van der Waals surface area contributed by atoms with Crippen LogP contribution >= 0.6 is 34.8 Å². The molecule has 176 valence electrons. The van der Waals surface area contributed by atoms with E-state index in [2.05, 4.69) is 10.6 Å². The second kappa shape index (κ2) is 11.2.